The van der Waals surface area contributed by atoms with Crippen LogP contribution in [0.1, 0.15) is 15.9 Å². The molecule has 2 aromatic carbocycles. The quantitative estimate of drug-likeness (QED) is 0.323. The van der Waals surface area contributed by atoms with Crippen LogP contribution in [-0.2, 0) is 11.3 Å². The van der Waals surface area contributed by atoms with E-state index >= 15 is 0 Å². The van der Waals surface area contributed by atoms with Gasteiger partial charge in [-0.3, -0.25) is 30.0 Å². The summed E-state index contributed by atoms with van der Waals surface area (Å²) < 4.78 is 14.9. The van der Waals surface area contributed by atoms with Crippen LogP contribution in [-0.4, -0.2) is 37.3 Å². The molecule has 0 bridgehead atoms. The summed E-state index contributed by atoms with van der Waals surface area (Å²) in [5, 5.41) is 9.11. The number of hydrogen-bond acceptors (Lipinski definition) is 6. The molecule has 4 rings (SSSR count). The lowest BCUT2D eigenvalue weighted by molar-refractivity contribution is -0.119. The molecule has 166 valence electrons. The van der Waals surface area contributed by atoms with E-state index in [0.717, 1.165) is 11.1 Å². The number of nitrogens with one attached hydrogen (secondary N) is 2. The van der Waals surface area contributed by atoms with Crippen LogP contribution < -0.4 is 10.9 Å². The second-order valence-electron chi connectivity index (χ2n) is 6.92. The molecule has 2 amide bonds. The summed E-state index contributed by atoms with van der Waals surface area (Å²) in [6, 6.07) is 18.6. The zero-order valence-electron chi connectivity index (χ0n) is 17.3. The van der Waals surface area contributed by atoms with Gasteiger partial charge in [0.1, 0.15) is 5.82 Å². The fourth-order valence-corrected chi connectivity index (χ4v) is 3.72. The Kier molecular flexibility index (Phi) is 7.06. The van der Waals surface area contributed by atoms with Crippen LogP contribution in [0.25, 0.3) is 11.4 Å². The zero-order chi connectivity index (χ0) is 23.0. The van der Waals surface area contributed by atoms with Gasteiger partial charge >= 0.3 is 0 Å². The molecule has 0 aliphatic rings. The number of halogens is 1. The monoisotopic (exact) mass is 462 g/mol. The van der Waals surface area contributed by atoms with Gasteiger partial charge in [-0.1, -0.05) is 42.1 Å². The summed E-state index contributed by atoms with van der Waals surface area (Å²) in [6.45, 7) is 0.517. The minimum absolute atomic E-state index is 0.00363. The first kappa shape index (κ1) is 22.2. The maximum atomic E-state index is 13.0. The van der Waals surface area contributed by atoms with Crippen LogP contribution in [0.3, 0.4) is 0 Å². The average Bonchev–Trinajstić information content (AvgIpc) is 3.25. The highest BCUT2D eigenvalue weighted by molar-refractivity contribution is 7.99. The van der Waals surface area contributed by atoms with Gasteiger partial charge in [-0.05, 0) is 42.0 Å². The van der Waals surface area contributed by atoms with E-state index in [1.165, 1.54) is 36.0 Å². The van der Waals surface area contributed by atoms with Crippen molar-refractivity contribution >= 4 is 23.6 Å². The van der Waals surface area contributed by atoms with E-state index in [1.807, 2.05) is 47.0 Å². The molecule has 0 atom stereocenters. The molecule has 10 heteroatoms. The van der Waals surface area contributed by atoms with Gasteiger partial charge in [0.2, 0.25) is 5.91 Å². The summed E-state index contributed by atoms with van der Waals surface area (Å²) in [6.07, 6.45) is 3.39. The Morgan fingerprint density at radius 2 is 1.73 bits per heavy atom. The van der Waals surface area contributed by atoms with Gasteiger partial charge in [0.25, 0.3) is 5.91 Å². The van der Waals surface area contributed by atoms with Gasteiger partial charge in [0, 0.05) is 23.5 Å². The first-order chi connectivity index (χ1) is 16.1. The standard InChI is InChI=1S/C23H19FN6O2S/c24-19-10-8-17(9-11-19)22(32)28-26-20(31)15-33-23-29-27-21(18-7-4-12-25-13-18)30(23)14-16-5-2-1-3-6-16/h1-13H,14-15H2,(H,26,31)(H,28,32). The second kappa shape index (κ2) is 10.5. The maximum absolute atomic E-state index is 13.0. The first-order valence-corrected chi connectivity index (χ1v) is 10.9. The predicted molar refractivity (Wildman–Crippen MR) is 122 cm³/mol. The highest BCUT2D eigenvalue weighted by Crippen LogP contribution is 2.24. The Bertz CT molecular complexity index is 1230. The van der Waals surface area contributed by atoms with E-state index in [9.17, 15) is 14.0 Å². The van der Waals surface area contributed by atoms with E-state index in [2.05, 4.69) is 26.0 Å². The highest BCUT2D eigenvalue weighted by atomic mass is 32.2. The van der Waals surface area contributed by atoms with Crippen molar-refractivity contribution in [3.8, 4) is 11.4 Å². The number of rotatable bonds is 7. The normalized spacial score (nSPS) is 10.6. The van der Waals surface area contributed by atoms with Crippen molar-refractivity contribution in [1.29, 1.82) is 0 Å². The number of hydrazine groups is 1. The van der Waals surface area contributed by atoms with Crippen molar-refractivity contribution in [2.45, 2.75) is 11.7 Å². The highest BCUT2D eigenvalue weighted by Gasteiger charge is 2.17. The van der Waals surface area contributed by atoms with Gasteiger partial charge < -0.3 is 0 Å². The molecule has 2 heterocycles. The van der Waals surface area contributed by atoms with Crippen molar-refractivity contribution in [1.82, 2.24) is 30.6 Å². The van der Waals surface area contributed by atoms with Crippen LogP contribution in [0.15, 0.2) is 84.3 Å². The first-order valence-electron chi connectivity index (χ1n) is 9.95. The van der Waals surface area contributed by atoms with Crippen molar-refractivity contribution in [2.75, 3.05) is 5.75 Å². The van der Waals surface area contributed by atoms with Crippen LogP contribution in [0.2, 0.25) is 0 Å². The number of pyridine rings is 1. The van der Waals surface area contributed by atoms with Gasteiger partial charge in [0.15, 0.2) is 11.0 Å². The molecule has 0 radical (unpaired) electrons. The van der Waals surface area contributed by atoms with Crippen LogP contribution in [0, 0.1) is 5.82 Å². The summed E-state index contributed by atoms with van der Waals surface area (Å²) in [4.78, 5) is 28.5. The van der Waals surface area contributed by atoms with Crippen molar-refractivity contribution in [3.63, 3.8) is 0 Å². The van der Waals surface area contributed by atoms with E-state index < -0.39 is 17.6 Å². The molecule has 0 fully saturated rings. The Hall–Kier alpha value is -4.05. The second-order valence-corrected chi connectivity index (χ2v) is 7.86. The molecule has 0 aliphatic carbocycles. The Morgan fingerprint density at radius 1 is 0.939 bits per heavy atom. The SMILES string of the molecule is O=C(CSc1nnc(-c2cccnc2)n1Cc1ccccc1)NNC(=O)c1ccc(F)cc1. The fraction of sp³-hybridized carbons (Fsp3) is 0.0870. The van der Waals surface area contributed by atoms with E-state index in [4.69, 9.17) is 0 Å². The van der Waals surface area contributed by atoms with Crippen LogP contribution >= 0.6 is 11.8 Å². The topological polar surface area (TPSA) is 102 Å². The summed E-state index contributed by atoms with van der Waals surface area (Å²) in [7, 11) is 0. The lowest BCUT2D eigenvalue weighted by atomic mass is 10.2. The van der Waals surface area contributed by atoms with E-state index in [0.29, 0.717) is 17.5 Å². The summed E-state index contributed by atoms with van der Waals surface area (Å²) in [5.41, 5.74) is 6.76. The Balaban J connectivity index is 1.42. The molecule has 2 aromatic heterocycles. The lowest BCUT2D eigenvalue weighted by Crippen LogP contribution is -2.42. The maximum Gasteiger partial charge on any atom is 0.269 e. The molecule has 8 nitrogen and oxygen atoms in total. The van der Waals surface area contributed by atoms with Gasteiger partial charge in [0.05, 0.1) is 12.3 Å². The predicted octanol–water partition coefficient (Wildman–Crippen LogP) is 3.08. The molecule has 0 aliphatic heterocycles. The molecule has 0 saturated heterocycles. The molecule has 0 unspecified atom stereocenters. The molecule has 0 saturated carbocycles. The molecular weight excluding hydrogens is 443 g/mol. The van der Waals surface area contributed by atoms with Crippen molar-refractivity contribution in [3.05, 3.63) is 96.1 Å². The van der Waals surface area contributed by atoms with Crippen LogP contribution in [0.4, 0.5) is 4.39 Å². The number of carbonyl (C=O) groups excluding carboxylic acids is 2. The zero-order valence-corrected chi connectivity index (χ0v) is 18.1. The Labute approximate surface area is 193 Å². The third-order valence-corrected chi connectivity index (χ3v) is 5.54. The number of carbonyl (C=O) groups is 2. The minimum atomic E-state index is -0.542. The molecule has 4 aromatic rings. The van der Waals surface area contributed by atoms with E-state index in [-0.39, 0.29) is 11.3 Å². The largest absolute Gasteiger partial charge is 0.297 e. The number of aromatic nitrogens is 4. The van der Waals surface area contributed by atoms with Gasteiger partial charge in [-0.25, -0.2) is 4.39 Å². The third kappa shape index (κ3) is 5.80. The van der Waals surface area contributed by atoms with Crippen molar-refractivity contribution < 1.29 is 14.0 Å². The van der Waals surface area contributed by atoms with Crippen LogP contribution in [0.5, 0.6) is 0 Å². The summed E-state index contributed by atoms with van der Waals surface area (Å²) >= 11 is 1.20. The van der Waals surface area contributed by atoms with Gasteiger partial charge in [-0.15, -0.1) is 10.2 Å². The smallest absolute Gasteiger partial charge is 0.269 e. The summed E-state index contributed by atoms with van der Waals surface area (Å²) in [5.74, 6) is -0.771. The van der Waals surface area contributed by atoms with Crippen molar-refractivity contribution in [2.24, 2.45) is 0 Å². The lowest BCUT2D eigenvalue weighted by Gasteiger charge is -2.11. The molecule has 2 N–H and O–H groups in total. The minimum Gasteiger partial charge on any atom is -0.297 e. The number of thioether (sulfide) groups is 1. The number of nitrogens with zero attached hydrogens (tertiary/aromatic N) is 4. The molecule has 33 heavy (non-hydrogen) atoms. The number of benzene rings is 2. The van der Waals surface area contributed by atoms with E-state index in [1.54, 1.807) is 12.4 Å². The average molecular weight is 463 g/mol. The Morgan fingerprint density at radius 3 is 2.45 bits per heavy atom. The fourth-order valence-electron chi connectivity index (χ4n) is 2.98. The molecular formula is C23H19FN6O2S. The number of hydrogen-bond donors (Lipinski definition) is 2. The third-order valence-electron chi connectivity index (χ3n) is 4.57. The molecule has 0 spiro atoms. The number of amides is 2. The van der Waals surface area contributed by atoms with Gasteiger partial charge in [-0.2, -0.15) is 0 Å².